The Bertz CT molecular complexity index is 1120. The van der Waals surface area contributed by atoms with Gasteiger partial charge in [-0.3, -0.25) is 14.5 Å². The summed E-state index contributed by atoms with van der Waals surface area (Å²) in [6.07, 6.45) is 2.21. The largest absolute Gasteiger partial charge is 0.481 e. The number of fused-ring (bicyclic) bond motifs is 3. The Morgan fingerprint density at radius 1 is 1.19 bits per heavy atom. The van der Waals surface area contributed by atoms with Crippen molar-refractivity contribution in [3.05, 3.63) is 52.9 Å². The van der Waals surface area contributed by atoms with Gasteiger partial charge in [-0.05, 0) is 36.3 Å². The van der Waals surface area contributed by atoms with Crippen molar-refractivity contribution >= 4 is 68.2 Å². The van der Waals surface area contributed by atoms with Gasteiger partial charge in [0.25, 0.3) is 5.91 Å². The molecule has 2 heterocycles. The molecule has 0 bridgehead atoms. The van der Waals surface area contributed by atoms with Crippen LogP contribution in [-0.4, -0.2) is 32.7 Å². The Balaban J connectivity index is 1.61. The predicted octanol–water partition coefficient (Wildman–Crippen LogP) is 4.65. The second kappa shape index (κ2) is 7.17. The van der Waals surface area contributed by atoms with Crippen LogP contribution in [0.25, 0.3) is 28.0 Å². The minimum Gasteiger partial charge on any atom is -0.481 e. The molecule has 1 aliphatic rings. The molecule has 0 unspecified atom stereocenters. The second-order valence-electron chi connectivity index (χ2n) is 6.18. The van der Waals surface area contributed by atoms with Gasteiger partial charge in [-0.15, -0.1) is 0 Å². The first-order valence-corrected chi connectivity index (χ1v) is 9.64. The first-order chi connectivity index (χ1) is 13.0. The van der Waals surface area contributed by atoms with Gasteiger partial charge in [0.1, 0.15) is 15.5 Å². The smallest absolute Gasteiger partial charge is 0.303 e. The van der Waals surface area contributed by atoms with E-state index in [0.717, 1.165) is 27.5 Å². The van der Waals surface area contributed by atoms with E-state index in [2.05, 4.69) is 0 Å². The van der Waals surface area contributed by atoms with Gasteiger partial charge in [0.2, 0.25) is 0 Å². The summed E-state index contributed by atoms with van der Waals surface area (Å²) in [5.74, 6) is -1.05. The third kappa shape index (κ3) is 3.48. The van der Waals surface area contributed by atoms with Crippen molar-refractivity contribution in [1.29, 1.82) is 0 Å². The van der Waals surface area contributed by atoms with E-state index in [1.165, 1.54) is 16.7 Å². The number of thiocarbonyl (C=S) groups is 1. The maximum absolute atomic E-state index is 12.6. The molecule has 4 rings (SSSR count). The number of benzene rings is 2. The number of carboxylic acid groups (broad SMARTS) is 1. The van der Waals surface area contributed by atoms with Crippen molar-refractivity contribution in [2.45, 2.75) is 12.8 Å². The van der Waals surface area contributed by atoms with Gasteiger partial charge in [-0.1, -0.05) is 48.2 Å². The standard InChI is InChI=1S/C20H15NO4S2/c22-18(23)6-3-9-21-19(24)17(27-20(21)26)11-12-7-8-16-14(10-12)13-4-1-2-5-15(13)25-16/h1-2,4-5,7-8,10-11H,3,6,9H2,(H,22,23). The van der Waals surface area contributed by atoms with Crippen LogP contribution in [0.4, 0.5) is 0 Å². The van der Waals surface area contributed by atoms with Crippen LogP contribution >= 0.6 is 24.0 Å². The molecule has 1 fully saturated rings. The lowest BCUT2D eigenvalue weighted by Gasteiger charge is -2.13. The van der Waals surface area contributed by atoms with E-state index in [1.807, 2.05) is 48.5 Å². The third-order valence-corrected chi connectivity index (χ3v) is 5.72. The van der Waals surface area contributed by atoms with Crippen LogP contribution in [-0.2, 0) is 9.59 Å². The van der Waals surface area contributed by atoms with Gasteiger partial charge >= 0.3 is 5.97 Å². The number of aliphatic carboxylic acids is 1. The molecule has 0 atom stereocenters. The molecule has 3 aromatic rings. The first kappa shape index (κ1) is 17.8. The van der Waals surface area contributed by atoms with Crippen LogP contribution in [0.1, 0.15) is 18.4 Å². The highest BCUT2D eigenvalue weighted by molar-refractivity contribution is 8.26. The number of rotatable bonds is 5. The maximum atomic E-state index is 12.6. The number of thioether (sulfide) groups is 1. The Morgan fingerprint density at radius 3 is 2.78 bits per heavy atom. The van der Waals surface area contributed by atoms with Crippen LogP contribution in [0, 0.1) is 0 Å². The molecule has 1 aromatic heterocycles. The summed E-state index contributed by atoms with van der Waals surface area (Å²) in [6.45, 7) is 0.319. The number of furan rings is 1. The normalized spacial score (nSPS) is 16.1. The fourth-order valence-corrected chi connectivity index (χ4v) is 4.37. The van der Waals surface area contributed by atoms with Crippen molar-refractivity contribution in [3.8, 4) is 0 Å². The number of hydrogen-bond donors (Lipinski definition) is 1. The van der Waals surface area contributed by atoms with Crippen LogP contribution in [0.5, 0.6) is 0 Å². The van der Waals surface area contributed by atoms with E-state index < -0.39 is 5.97 Å². The highest BCUT2D eigenvalue weighted by Crippen LogP contribution is 2.34. The van der Waals surface area contributed by atoms with Gasteiger partial charge in [0.05, 0.1) is 4.91 Å². The summed E-state index contributed by atoms with van der Waals surface area (Å²) in [4.78, 5) is 25.3. The zero-order valence-electron chi connectivity index (χ0n) is 14.2. The molecular formula is C20H15NO4S2. The molecule has 1 amide bonds. The topological polar surface area (TPSA) is 70.8 Å². The van der Waals surface area contributed by atoms with Crippen LogP contribution < -0.4 is 0 Å². The van der Waals surface area contributed by atoms with E-state index in [-0.39, 0.29) is 12.3 Å². The summed E-state index contributed by atoms with van der Waals surface area (Å²) < 4.78 is 6.29. The van der Waals surface area contributed by atoms with Crippen molar-refractivity contribution in [1.82, 2.24) is 4.90 Å². The quantitative estimate of drug-likeness (QED) is 0.499. The zero-order chi connectivity index (χ0) is 19.0. The Morgan fingerprint density at radius 2 is 1.96 bits per heavy atom. The molecular weight excluding hydrogens is 382 g/mol. The molecule has 0 saturated carbocycles. The lowest BCUT2D eigenvalue weighted by Crippen LogP contribution is -2.29. The van der Waals surface area contributed by atoms with Crippen LogP contribution in [0.15, 0.2) is 51.8 Å². The maximum Gasteiger partial charge on any atom is 0.303 e. The highest BCUT2D eigenvalue weighted by atomic mass is 32.2. The summed E-state index contributed by atoms with van der Waals surface area (Å²) in [5.41, 5.74) is 2.52. The Kier molecular flexibility index (Phi) is 4.72. The second-order valence-corrected chi connectivity index (χ2v) is 7.86. The summed E-state index contributed by atoms with van der Waals surface area (Å²) >= 11 is 6.53. The predicted molar refractivity (Wildman–Crippen MR) is 110 cm³/mol. The first-order valence-electron chi connectivity index (χ1n) is 8.41. The fraction of sp³-hybridized carbons (Fsp3) is 0.150. The van der Waals surface area contributed by atoms with Crippen molar-refractivity contribution in [2.24, 2.45) is 0 Å². The van der Waals surface area contributed by atoms with E-state index in [0.29, 0.717) is 22.2 Å². The van der Waals surface area contributed by atoms with Gasteiger partial charge in [-0.2, -0.15) is 0 Å². The van der Waals surface area contributed by atoms with Gasteiger partial charge in [-0.25, -0.2) is 0 Å². The van der Waals surface area contributed by atoms with Gasteiger partial charge < -0.3 is 9.52 Å². The summed E-state index contributed by atoms with van der Waals surface area (Å²) in [6, 6.07) is 13.6. The average molecular weight is 397 g/mol. The molecule has 0 radical (unpaired) electrons. The van der Waals surface area contributed by atoms with Gasteiger partial charge in [0, 0.05) is 23.7 Å². The minimum atomic E-state index is -0.878. The summed E-state index contributed by atoms with van der Waals surface area (Å²) in [7, 11) is 0. The average Bonchev–Trinajstić information content (AvgIpc) is 3.13. The highest BCUT2D eigenvalue weighted by Gasteiger charge is 2.31. The van der Waals surface area contributed by atoms with Crippen LogP contribution in [0.3, 0.4) is 0 Å². The van der Waals surface area contributed by atoms with E-state index >= 15 is 0 Å². The molecule has 0 aliphatic carbocycles. The third-order valence-electron chi connectivity index (χ3n) is 4.34. The van der Waals surface area contributed by atoms with Crippen molar-refractivity contribution < 1.29 is 19.1 Å². The van der Waals surface area contributed by atoms with E-state index in [9.17, 15) is 9.59 Å². The number of hydrogen-bond acceptors (Lipinski definition) is 5. The number of amides is 1. The number of carboxylic acids is 1. The number of carbonyl (C=O) groups excluding carboxylic acids is 1. The molecule has 5 nitrogen and oxygen atoms in total. The fourth-order valence-electron chi connectivity index (χ4n) is 3.07. The molecule has 0 spiro atoms. The molecule has 7 heteroatoms. The monoisotopic (exact) mass is 397 g/mol. The number of carbonyl (C=O) groups is 2. The molecule has 136 valence electrons. The zero-order valence-corrected chi connectivity index (χ0v) is 15.8. The SMILES string of the molecule is O=C(O)CCCN1C(=O)C(=Cc2ccc3oc4ccccc4c3c2)SC1=S. The van der Waals surface area contributed by atoms with Crippen molar-refractivity contribution in [2.75, 3.05) is 6.54 Å². The molecule has 1 saturated heterocycles. The van der Waals surface area contributed by atoms with Gasteiger partial charge in [0.15, 0.2) is 0 Å². The van der Waals surface area contributed by atoms with Crippen molar-refractivity contribution in [3.63, 3.8) is 0 Å². The summed E-state index contributed by atoms with van der Waals surface area (Å²) in [5, 5.41) is 10.8. The van der Waals surface area contributed by atoms with E-state index in [4.69, 9.17) is 21.7 Å². The Labute approximate surface area is 164 Å². The number of para-hydroxylation sites is 1. The van der Waals surface area contributed by atoms with Crippen LogP contribution in [0.2, 0.25) is 0 Å². The lowest BCUT2D eigenvalue weighted by molar-refractivity contribution is -0.137. The molecule has 27 heavy (non-hydrogen) atoms. The molecule has 2 aromatic carbocycles. The minimum absolute atomic E-state index is 0.0142. The number of nitrogens with zero attached hydrogens (tertiary/aromatic N) is 1. The Hall–Kier alpha value is -2.64. The lowest BCUT2D eigenvalue weighted by atomic mass is 10.1. The van der Waals surface area contributed by atoms with E-state index in [1.54, 1.807) is 0 Å². The molecule has 1 N–H and O–H groups in total. The molecule has 1 aliphatic heterocycles.